The summed E-state index contributed by atoms with van der Waals surface area (Å²) in [7, 11) is 2.10. The molecule has 1 saturated heterocycles. The van der Waals surface area contributed by atoms with Crippen LogP contribution >= 0.6 is 11.6 Å². The van der Waals surface area contributed by atoms with Crippen LogP contribution in [0.25, 0.3) is 16.9 Å². The molecule has 0 saturated carbocycles. The molecule has 6 rings (SSSR count). The Balaban J connectivity index is 1.14. The van der Waals surface area contributed by atoms with E-state index in [9.17, 15) is 18.4 Å². The lowest BCUT2D eigenvalue weighted by Crippen LogP contribution is -2.46. The number of fused-ring (bicyclic) bond motifs is 1. The Morgan fingerprint density at radius 1 is 1.14 bits per heavy atom. The monoisotopic (exact) mass is 720 g/mol. The van der Waals surface area contributed by atoms with Gasteiger partial charge in [-0.3, -0.25) is 19.2 Å². The van der Waals surface area contributed by atoms with E-state index in [1.807, 2.05) is 12.1 Å². The quantitative estimate of drug-likeness (QED) is 0.131. The Morgan fingerprint density at radius 3 is 2.67 bits per heavy atom. The molecule has 51 heavy (non-hydrogen) atoms. The average molecular weight is 721 g/mol. The maximum Gasteiger partial charge on any atom is 0.387 e. The predicted octanol–water partition coefficient (Wildman–Crippen LogP) is 6.40. The van der Waals surface area contributed by atoms with Crippen molar-refractivity contribution in [2.24, 2.45) is 0 Å². The predicted molar refractivity (Wildman–Crippen MR) is 188 cm³/mol. The number of halogens is 3. The number of likely N-dealkylation sites (tertiary alicyclic amines) is 1. The number of anilines is 1. The molecule has 0 radical (unpaired) electrons. The molecule has 15 heteroatoms. The van der Waals surface area contributed by atoms with E-state index in [2.05, 4.69) is 51.5 Å². The largest absolute Gasteiger partial charge is 0.494 e. The van der Waals surface area contributed by atoms with Crippen LogP contribution < -0.4 is 14.8 Å². The smallest absolute Gasteiger partial charge is 0.387 e. The van der Waals surface area contributed by atoms with Crippen molar-refractivity contribution < 1.29 is 27.8 Å². The molecule has 0 spiro atoms. The van der Waals surface area contributed by atoms with E-state index in [1.165, 1.54) is 51.6 Å². The third-order valence-electron chi connectivity index (χ3n) is 8.81. The van der Waals surface area contributed by atoms with E-state index >= 15 is 0 Å². The van der Waals surface area contributed by atoms with Crippen molar-refractivity contribution in [1.82, 2.24) is 34.2 Å². The number of unbranched alkanes of at least 4 members (excludes halogenated alkanes) is 1. The summed E-state index contributed by atoms with van der Waals surface area (Å²) in [5.74, 6) is -0.0406. The minimum atomic E-state index is -3.12. The Kier molecular flexibility index (Phi) is 11.4. The molecule has 0 atom stereocenters. The molecular weight excluding hydrogens is 682 g/mol. The van der Waals surface area contributed by atoms with E-state index in [0.717, 1.165) is 38.0 Å². The van der Waals surface area contributed by atoms with Crippen LogP contribution in [0.4, 0.5) is 14.5 Å². The van der Waals surface area contributed by atoms with Crippen molar-refractivity contribution in [2.75, 3.05) is 32.1 Å². The normalized spacial score (nSPS) is 13.7. The van der Waals surface area contributed by atoms with Gasteiger partial charge in [-0.15, -0.1) is 0 Å². The number of nitrogens with one attached hydrogen (secondary N) is 1. The molecule has 1 aliphatic heterocycles. The molecule has 5 aromatic rings. The van der Waals surface area contributed by atoms with Gasteiger partial charge >= 0.3 is 6.61 Å². The topological polar surface area (TPSA) is 119 Å². The zero-order valence-corrected chi connectivity index (χ0v) is 29.1. The highest BCUT2D eigenvalue weighted by molar-refractivity contribution is 6.31. The molecular formula is C36H39ClF2N8O4. The Hall–Kier alpha value is -5.08. The lowest BCUT2D eigenvalue weighted by molar-refractivity contribution is -0.133. The number of benzene rings is 2. The van der Waals surface area contributed by atoms with Crippen molar-refractivity contribution in [3.05, 3.63) is 89.5 Å². The van der Waals surface area contributed by atoms with Gasteiger partial charge in [-0.25, -0.2) is 9.50 Å². The maximum atomic E-state index is 13.5. The number of alkyl halides is 2. The lowest BCUT2D eigenvalue weighted by atomic mass is 10.0. The van der Waals surface area contributed by atoms with E-state index in [0.29, 0.717) is 31.4 Å². The second-order valence-electron chi connectivity index (χ2n) is 12.4. The van der Waals surface area contributed by atoms with Crippen LogP contribution in [-0.4, -0.2) is 85.4 Å². The fourth-order valence-electron chi connectivity index (χ4n) is 6.09. The minimum absolute atomic E-state index is 0.0969. The van der Waals surface area contributed by atoms with Crippen LogP contribution in [0.5, 0.6) is 11.5 Å². The van der Waals surface area contributed by atoms with E-state index in [1.54, 1.807) is 17.2 Å². The first kappa shape index (κ1) is 35.7. The number of hydrogen-bond acceptors (Lipinski definition) is 8. The van der Waals surface area contributed by atoms with Crippen LogP contribution in [0.3, 0.4) is 0 Å². The standard InChI is InChI=1S/C36H39ClF2N8O4/c1-3-4-18-50-27-9-6-24(7-10-27)21-44(2)26-12-16-45(17-13-26)32(48)23-46-22-30(42-35(49)29-20-41-47-15-5-14-40-34(29)47)33(43-46)28-19-25(37)8-11-31(28)51-36(38)39/h5-11,14-15,19-20,22,26,36H,3-4,12-13,16-18,21,23H2,1-2H3,(H,42,49). The summed E-state index contributed by atoms with van der Waals surface area (Å²) >= 11 is 6.25. The highest BCUT2D eigenvalue weighted by atomic mass is 35.5. The molecule has 2 aromatic carbocycles. The Bertz CT molecular complexity index is 1960. The van der Waals surface area contributed by atoms with E-state index in [4.69, 9.17) is 21.1 Å². The van der Waals surface area contributed by atoms with Crippen molar-refractivity contribution in [3.8, 4) is 22.8 Å². The van der Waals surface area contributed by atoms with Crippen LogP contribution in [0.2, 0.25) is 5.02 Å². The fourth-order valence-corrected chi connectivity index (χ4v) is 6.27. The number of ether oxygens (including phenoxy) is 2. The summed E-state index contributed by atoms with van der Waals surface area (Å²) in [6.07, 6.45) is 9.77. The number of amides is 2. The fraction of sp³-hybridized carbons (Fsp3) is 0.361. The zero-order valence-electron chi connectivity index (χ0n) is 28.3. The number of aromatic nitrogens is 5. The highest BCUT2D eigenvalue weighted by Crippen LogP contribution is 2.37. The SMILES string of the molecule is CCCCOc1ccc(CN(C)C2CCN(C(=O)Cn3cc(NC(=O)c4cnn5cccnc45)c(-c4cc(Cl)ccc4OC(F)F)n3)CC2)cc1. The third kappa shape index (κ3) is 8.81. The highest BCUT2D eigenvalue weighted by Gasteiger charge is 2.27. The number of piperidine rings is 1. The van der Waals surface area contributed by atoms with Crippen LogP contribution in [0, 0.1) is 0 Å². The number of nitrogens with zero attached hydrogens (tertiary/aromatic N) is 7. The summed E-state index contributed by atoms with van der Waals surface area (Å²) in [5.41, 5.74) is 2.07. The van der Waals surface area contributed by atoms with Gasteiger partial charge in [0.05, 0.1) is 18.5 Å². The summed E-state index contributed by atoms with van der Waals surface area (Å²) < 4.78 is 40.1. The van der Waals surface area contributed by atoms with Gasteiger partial charge in [0, 0.05) is 54.9 Å². The molecule has 0 bridgehead atoms. The van der Waals surface area contributed by atoms with Gasteiger partial charge in [-0.05, 0) is 68.3 Å². The molecule has 268 valence electrons. The van der Waals surface area contributed by atoms with Crippen molar-refractivity contribution in [2.45, 2.75) is 58.3 Å². The molecule has 0 unspecified atom stereocenters. The van der Waals surface area contributed by atoms with Crippen molar-refractivity contribution in [1.29, 1.82) is 0 Å². The molecule has 4 heterocycles. The number of rotatable bonds is 14. The van der Waals surface area contributed by atoms with Gasteiger partial charge in [0.1, 0.15) is 29.3 Å². The summed E-state index contributed by atoms with van der Waals surface area (Å²) in [6, 6.07) is 14.3. The van der Waals surface area contributed by atoms with Crippen LogP contribution in [-0.2, 0) is 17.9 Å². The number of carbonyl (C=O) groups excluding carboxylic acids is 2. The van der Waals surface area contributed by atoms with Gasteiger partial charge in [0.25, 0.3) is 5.91 Å². The van der Waals surface area contributed by atoms with E-state index in [-0.39, 0.29) is 45.7 Å². The van der Waals surface area contributed by atoms with Gasteiger partial charge in [0.15, 0.2) is 5.65 Å². The average Bonchev–Trinajstić information content (AvgIpc) is 3.73. The molecule has 2 amide bonds. The molecule has 1 fully saturated rings. The molecule has 1 N–H and O–H groups in total. The molecule has 3 aromatic heterocycles. The van der Waals surface area contributed by atoms with Crippen molar-refractivity contribution in [3.63, 3.8) is 0 Å². The van der Waals surface area contributed by atoms with Crippen LogP contribution in [0.1, 0.15) is 48.5 Å². The molecule has 12 nitrogen and oxygen atoms in total. The lowest BCUT2D eigenvalue weighted by Gasteiger charge is -2.36. The first-order valence-corrected chi connectivity index (χ1v) is 17.2. The van der Waals surface area contributed by atoms with Gasteiger partial charge < -0.3 is 19.7 Å². The Morgan fingerprint density at radius 2 is 1.92 bits per heavy atom. The Labute approximate surface area is 298 Å². The van der Waals surface area contributed by atoms with E-state index < -0.39 is 12.5 Å². The van der Waals surface area contributed by atoms with Gasteiger partial charge in [-0.1, -0.05) is 37.1 Å². The number of hydrogen-bond donors (Lipinski definition) is 1. The molecule has 0 aliphatic carbocycles. The summed E-state index contributed by atoms with van der Waals surface area (Å²) in [6.45, 7) is 1.51. The zero-order chi connectivity index (χ0) is 35.9. The first-order valence-electron chi connectivity index (χ1n) is 16.8. The van der Waals surface area contributed by atoms with Gasteiger partial charge in [0.2, 0.25) is 5.91 Å². The van der Waals surface area contributed by atoms with Crippen LogP contribution in [0.15, 0.2) is 73.3 Å². The van der Waals surface area contributed by atoms with Crippen molar-refractivity contribution >= 4 is 34.7 Å². The maximum absolute atomic E-state index is 13.5. The van der Waals surface area contributed by atoms with Gasteiger partial charge in [-0.2, -0.15) is 19.0 Å². The molecule has 1 aliphatic rings. The first-order chi connectivity index (χ1) is 24.7. The minimum Gasteiger partial charge on any atom is -0.494 e. The summed E-state index contributed by atoms with van der Waals surface area (Å²) in [4.78, 5) is 35.3. The third-order valence-corrected chi connectivity index (χ3v) is 9.04. The second-order valence-corrected chi connectivity index (χ2v) is 12.8. The summed E-state index contributed by atoms with van der Waals surface area (Å²) in [5, 5.41) is 11.7. The second kappa shape index (κ2) is 16.3. The number of carbonyl (C=O) groups is 2.